The van der Waals surface area contributed by atoms with Crippen molar-refractivity contribution in [1.82, 2.24) is 30.2 Å². The number of carbonyl (C=O) groups is 4. The Labute approximate surface area is 324 Å². The summed E-state index contributed by atoms with van der Waals surface area (Å²) in [6, 6.07) is 8.35. The number of nitrogens with zero attached hydrogens (tertiary/aromatic N) is 5. The number of piperidine rings is 3. The number of carbonyl (C=O) groups excluding carboxylic acids is 4. The maximum Gasteiger partial charge on any atom is 0.262 e. The van der Waals surface area contributed by atoms with Gasteiger partial charge in [-0.2, -0.15) is 0 Å². The SMILES string of the molecule is CN1CC2C(C1)C2CN1CCN2C(/C=C(\N)c3c(O)cccc3F)=C(N)NCC2C1.O=C1CCC(N2C(=O)c3ccc(N4CCCC(F)C4)cc3C2=O)C(=O)N1. The van der Waals surface area contributed by atoms with E-state index < -0.39 is 41.7 Å². The predicted octanol–water partition coefficient (Wildman–Crippen LogP) is 1.38. The van der Waals surface area contributed by atoms with Gasteiger partial charge in [-0.05, 0) is 80.5 Å². The fraction of sp³-hybridized carbons (Fsp3) is 0.500. The van der Waals surface area contributed by atoms with Crippen molar-refractivity contribution >= 4 is 35.0 Å². The lowest BCUT2D eigenvalue weighted by Gasteiger charge is -2.46. The highest BCUT2D eigenvalue weighted by atomic mass is 19.1. The molecule has 298 valence electrons. The van der Waals surface area contributed by atoms with Crippen LogP contribution in [0.1, 0.15) is 52.0 Å². The standard InChI is InChI=1S/C22H31FN6O.C18H18FN3O4/c1-27-10-14-15(11-27)16(14)12-28-5-6-29-13(9-28)8-26-22(25)19(29)7-18(24)21-17(23)3-2-4-20(21)30;19-10-2-1-7-21(9-10)11-3-4-12-13(8-11)18(26)22(17(12)25)14-5-6-15(23)20-16(14)24/h2-4,7,13-16,26,30H,5-6,8-12,24-25H2,1H3;3-4,8,10,14H,1-2,5-7,9H2,(H,20,23,24)/b18-7-;. The topological polar surface area (TPSA) is 181 Å². The Morgan fingerprint density at radius 3 is 2.48 bits per heavy atom. The van der Waals surface area contributed by atoms with Crippen molar-refractivity contribution in [2.45, 2.75) is 43.9 Å². The number of rotatable bonds is 6. The summed E-state index contributed by atoms with van der Waals surface area (Å²) in [5.74, 6) is 0.329. The van der Waals surface area contributed by atoms with Crippen LogP contribution in [0, 0.1) is 23.6 Å². The number of hydrogen-bond donors (Lipinski definition) is 5. The Balaban J connectivity index is 0.000000159. The molecule has 14 nitrogen and oxygen atoms in total. The number of anilines is 1. The van der Waals surface area contributed by atoms with Crippen LogP contribution < -0.4 is 27.0 Å². The van der Waals surface area contributed by atoms with Crippen molar-refractivity contribution < 1.29 is 33.1 Å². The van der Waals surface area contributed by atoms with Gasteiger partial charge in [0.15, 0.2) is 0 Å². The van der Waals surface area contributed by atoms with E-state index in [4.69, 9.17) is 11.5 Å². The quantitative estimate of drug-likeness (QED) is 0.267. The molecule has 0 aromatic heterocycles. The van der Waals surface area contributed by atoms with Crippen LogP contribution in [0.3, 0.4) is 0 Å². The molecule has 2 aromatic carbocycles. The largest absolute Gasteiger partial charge is 0.507 e. The number of benzene rings is 2. The Hall–Kier alpha value is -5.22. The van der Waals surface area contributed by atoms with E-state index in [1.54, 1.807) is 24.3 Å². The van der Waals surface area contributed by atoms with E-state index in [0.29, 0.717) is 30.5 Å². The third-order valence-corrected chi connectivity index (χ3v) is 12.4. The molecule has 7 N–H and O–H groups in total. The number of amides is 4. The molecule has 5 unspecified atom stereocenters. The first-order valence-electron chi connectivity index (χ1n) is 19.5. The second-order valence-electron chi connectivity index (χ2n) is 16.1. The maximum atomic E-state index is 14.2. The Morgan fingerprint density at radius 2 is 1.75 bits per heavy atom. The molecule has 0 spiro atoms. The first kappa shape index (κ1) is 37.7. The summed E-state index contributed by atoms with van der Waals surface area (Å²) in [5.41, 5.74) is 14.5. The number of nitrogens with one attached hydrogen (secondary N) is 2. The van der Waals surface area contributed by atoms with E-state index in [1.807, 2.05) is 4.90 Å². The minimum absolute atomic E-state index is 0.0174. The average Bonchev–Trinajstić information content (AvgIpc) is 3.48. The number of nitrogens with two attached hydrogens (primary N) is 2. The number of phenols is 1. The van der Waals surface area contributed by atoms with Crippen LogP contribution >= 0.6 is 0 Å². The molecule has 4 amide bonds. The van der Waals surface area contributed by atoms with Crippen LogP contribution in [0.4, 0.5) is 14.5 Å². The number of allylic oxidation sites excluding steroid dienone is 1. The van der Waals surface area contributed by atoms with E-state index in [2.05, 4.69) is 32.4 Å². The van der Waals surface area contributed by atoms with Gasteiger partial charge in [-0.25, -0.2) is 8.78 Å². The van der Waals surface area contributed by atoms with Gasteiger partial charge in [-0.15, -0.1) is 0 Å². The van der Waals surface area contributed by atoms with Gasteiger partial charge >= 0.3 is 0 Å². The summed E-state index contributed by atoms with van der Waals surface area (Å²) in [6.45, 7) is 8.24. The molecule has 16 heteroatoms. The van der Waals surface area contributed by atoms with E-state index in [1.165, 1.54) is 37.8 Å². The zero-order chi connectivity index (χ0) is 39.4. The monoisotopic (exact) mass is 773 g/mol. The van der Waals surface area contributed by atoms with Crippen molar-refractivity contribution in [2.24, 2.45) is 29.2 Å². The van der Waals surface area contributed by atoms with Crippen molar-refractivity contribution in [3.05, 3.63) is 76.5 Å². The first-order chi connectivity index (χ1) is 26.9. The summed E-state index contributed by atoms with van der Waals surface area (Å²) in [5, 5.41) is 15.5. The Bertz CT molecular complexity index is 1980. The molecule has 7 aliphatic rings. The highest BCUT2D eigenvalue weighted by molar-refractivity contribution is 6.23. The number of phenolic OH excluding ortho intramolecular Hbond substituents is 1. The number of hydrogen-bond acceptors (Lipinski definition) is 12. The Kier molecular flexibility index (Phi) is 10.1. The van der Waals surface area contributed by atoms with E-state index in [9.17, 15) is 33.1 Å². The fourth-order valence-corrected chi connectivity index (χ4v) is 9.47. The minimum atomic E-state index is -0.978. The molecule has 6 heterocycles. The molecule has 0 radical (unpaired) electrons. The maximum absolute atomic E-state index is 14.2. The van der Waals surface area contributed by atoms with Gasteiger partial charge in [0.1, 0.15) is 29.6 Å². The second kappa shape index (κ2) is 15.0. The smallest absolute Gasteiger partial charge is 0.262 e. The number of piperazine rings is 1. The highest BCUT2D eigenvalue weighted by Crippen LogP contribution is 2.51. The van der Waals surface area contributed by atoms with Crippen molar-refractivity contribution in [2.75, 3.05) is 70.9 Å². The first-order valence-corrected chi connectivity index (χ1v) is 19.5. The molecule has 1 aliphatic carbocycles. The van der Waals surface area contributed by atoms with Gasteiger partial charge < -0.3 is 36.6 Å². The van der Waals surface area contributed by atoms with Crippen LogP contribution in [-0.4, -0.2) is 133 Å². The van der Waals surface area contributed by atoms with Crippen LogP contribution in [0.5, 0.6) is 5.75 Å². The fourth-order valence-electron chi connectivity index (χ4n) is 9.47. The molecule has 2 aromatic rings. The molecule has 5 fully saturated rings. The van der Waals surface area contributed by atoms with Crippen LogP contribution in [0.2, 0.25) is 0 Å². The van der Waals surface area contributed by atoms with Gasteiger partial charge in [-0.1, -0.05) is 6.07 Å². The average molecular weight is 774 g/mol. The molecule has 6 aliphatic heterocycles. The van der Waals surface area contributed by atoms with Crippen LogP contribution in [0.15, 0.2) is 54.0 Å². The third-order valence-electron chi connectivity index (χ3n) is 12.4. The normalized spacial score (nSPS) is 29.3. The number of aromatic hydroxyl groups is 1. The van der Waals surface area contributed by atoms with Crippen LogP contribution in [0.25, 0.3) is 5.70 Å². The summed E-state index contributed by atoms with van der Waals surface area (Å²) in [4.78, 5) is 58.9. The van der Waals surface area contributed by atoms with Crippen molar-refractivity contribution in [3.63, 3.8) is 0 Å². The second-order valence-corrected chi connectivity index (χ2v) is 16.1. The van der Waals surface area contributed by atoms with Gasteiger partial charge in [0.2, 0.25) is 11.8 Å². The summed E-state index contributed by atoms with van der Waals surface area (Å²) >= 11 is 0. The number of likely N-dealkylation sites (tertiary alicyclic amines) is 1. The lowest BCUT2D eigenvalue weighted by Crippen LogP contribution is -2.59. The number of imide groups is 2. The predicted molar refractivity (Wildman–Crippen MR) is 204 cm³/mol. The van der Waals surface area contributed by atoms with Gasteiger partial charge in [-0.3, -0.25) is 34.3 Å². The third kappa shape index (κ3) is 7.15. The molecular formula is C40H49F2N9O5. The van der Waals surface area contributed by atoms with Crippen LogP contribution in [-0.2, 0) is 9.59 Å². The molecule has 9 rings (SSSR count). The molecule has 5 atom stereocenters. The zero-order valence-corrected chi connectivity index (χ0v) is 31.4. The number of fused-ring (bicyclic) bond motifs is 3. The summed E-state index contributed by atoms with van der Waals surface area (Å²) < 4.78 is 27.9. The van der Waals surface area contributed by atoms with Gasteiger partial charge in [0.25, 0.3) is 11.8 Å². The molecule has 0 bridgehead atoms. The van der Waals surface area contributed by atoms with E-state index in [0.717, 1.165) is 61.0 Å². The minimum Gasteiger partial charge on any atom is -0.507 e. The number of halogens is 2. The molecule has 4 saturated heterocycles. The Morgan fingerprint density at radius 1 is 0.982 bits per heavy atom. The van der Waals surface area contributed by atoms with E-state index >= 15 is 0 Å². The van der Waals surface area contributed by atoms with Crippen molar-refractivity contribution in [3.8, 4) is 5.75 Å². The highest BCUT2D eigenvalue weighted by Gasteiger charge is 2.55. The summed E-state index contributed by atoms with van der Waals surface area (Å²) in [7, 11) is 2.22. The lowest BCUT2D eigenvalue weighted by atomic mass is 10.0. The molecule has 56 heavy (non-hydrogen) atoms. The lowest BCUT2D eigenvalue weighted by molar-refractivity contribution is -0.136. The van der Waals surface area contributed by atoms with E-state index in [-0.39, 0.29) is 47.5 Å². The molecule has 1 saturated carbocycles. The van der Waals surface area contributed by atoms with Gasteiger partial charge in [0, 0.05) is 76.7 Å². The summed E-state index contributed by atoms with van der Waals surface area (Å²) in [6.07, 6.45) is 2.24. The zero-order valence-electron chi connectivity index (χ0n) is 31.4. The van der Waals surface area contributed by atoms with Gasteiger partial charge in [0.05, 0.1) is 28.4 Å². The number of alkyl halides is 1. The molecular weight excluding hydrogens is 724 g/mol. The van der Waals surface area contributed by atoms with Crippen molar-refractivity contribution in [1.29, 1.82) is 0 Å².